The molecule has 1 unspecified atom stereocenters. The van der Waals surface area contributed by atoms with Crippen LogP contribution in [0.5, 0.6) is 0 Å². The maximum Gasteiger partial charge on any atom is 0.136 e. The summed E-state index contributed by atoms with van der Waals surface area (Å²) in [7, 11) is 0. The molecular weight excluding hydrogens is 176 g/mol. The smallest absolute Gasteiger partial charge is 0.136 e. The summed E-state index contributed by atoms with van der Waals surface area (Å²) < 4.78 is 7.42. The summed E-state index contributed by atoms with van der Waals surface area (Å²) in [6, 6.07) is 6.06. The molecule has 3 heteroatoms. The topological polar surface area (TPSA) is 26.5 Å². The Labute approximate surface area is 82.3 Å². The van der Waals surface area contributed by atoms with E-state index in [1.807, 2.05) is 24.4 Å². The van der Waals surface area contributed by atoms with Crippen LogP contribution < -0.4 is 0 Å². The lowest BCUT2D eigenvalue weighted by molar-refractivity contribution is 0.193. The molecule has 1 aliphatic heterocycles. The fraction of sp³-hybridized carbons (Fsp3) is 0.364. The molecule has 1 aliphatic rings. The molecule has 0 saturated carbocycles. The molecule has 3 rings (SSSR count). The lowest BCUT2D eigenvalue weighted by Gasteiger charge is -2.00. The van der Waals surface area contributed by atoms with Crippen molar-refractivity contribution in [3.05, 3.63) is 36.3 Å². The molecule has 72 valence electrons. The summed E-state index contributed by atoms with van der Waals surface area (Å²) in [5.74, 6) is 0.495. The summed E-state index contributed by atoms with van der Waals surface area (Å²) >= 11 is 0. The van der Waals surface area contributed by atoms with E-state index >= 15 is 0 Å². The highest BCUT2D eigenvalue weighted by Gasteiger charge is 2.20. The van der Waals surface area contributed by atoms with Crippen molar-refractivity contribution in [3.63, 3.8) is 0 Å². The van der Waals surface area contributed by atoms with E-state index in [1.165, 1.54) is 0 Å². The number of pyridine rings is 1. The first-order valence-corrected chi connectivity index (χ1v) is 4.95. The Balaban J connectivity index is 2.05. The number of nitrogens with zero attached hydrogens (tertiary/aromatic N) is 2. The Hall–Kier alpha value is -1.35. The molecular formula is C11H12N2O. The average Bonchev–Trinajstić information content (AvgIpc) is 2.86. The van der Waals surface area contributed by atoms with Crippen molar-refractivity contribution in [2.45, 2.75) is 12.3 Å². The van der Waals surface area contributed by atoms with Crippen LogP contribution in [0.4, 0.5) is 0 Å². The van der Waals surface area contributed by atoms with Gasteiger partial charge in [-0.15, -0.1) is 0 Å². The molecule has 0 aliphatic carbocycles. The average molecular weight is 188 g/mol. The van der Waals surface area contributed by atoms with Crippen molar-refractivity contribution in [3.8, 4) is 0 Å². The van der Waals surface area contributed by atoms with Crippen LogP contribution in [0.1, 0.15) is 18.0 Å². The summed E-state index contributed by atoms with van der Waals surface area (Å²) in [4.78, 5) is 4.58. The van der Waals surface area contributed by atoms with Gasteiger partial charge in [-0.1, -0.05) is 6.07 Å². The van der Waals surface area contributed by atoms with Crippen LogP contribution in [0.3, 0.4) is 0 Å². The van der Waals surface area contributed by atoms with E-state index in [0.29, 0.717) is 5.92 Å². The summed E-state index contributed by atoms with van der Waals surface area (Å²) in [5.41, 5.74) is 2.18. The molecule has 0 amide bonds. The first-order chi connectivity index (χ1) is 6.93. The van der Waals surface area contributed by atoms with E-state index in [-0.39, 0.29) is 0 Å². The Morgan fingerprint density at radius 1 is 1.43 bits per heavy atom. The lowest BCUT2D eigenvalue weighted by atomic mass is 10.1. The molecule has 14 heavy (non-hydrogen) atoms. The predicted octanol–water partition coefficient (Wildman–Crippen LogP) is 1.84. The zero-order valence-electron chi connectivity index (χ0n) is 7.89. The molecule has 2 aromatic rings. The predicted molar refractivity (Wildman–Crippen MR) is 53.4 cm³/mol. The van der Waals surface area contributed by atoms with Gasteiger partial charge >= 0.3 is 0 Å². The van der Waals surface area contributed by atoms with Gasteiger partial charge in [0.1, 0.15) is 5.65 Å². The second-order valence-electron chi connectivity index (χ2n) is 3.69. The number of imidazole rings is 1. The van der Waals surface area contributed by atoms with Crippen molar-refractivity contribution in [1.82, 2.24) is 9.38 Å². The summed E-state index contributed by atoms with van der Waals surface area (Å²) in [6.07, 6.45) is 5.24. The molecule has 1 fully saturated rings. The van der Waals surface area contributed by atoms with Gasteiger partial charge in [0.2, 0.25) is 0 Å². The maximum absolute atomic E-state index is 5.36. The minimum Gasteiger partial charge on any atom is -0.381 e. The fourth-order valence-electron chi connectivity index (χ4n) is 1.92. The second kappa shape index (κ2) is 3.10. The zero-order valence-corrected chi connectivity index (χ0v) is 7.89. The van der Waals surface area contributed by atoms with Crippen molar-refractivity contribution >= 4 is 5.65 Å². The van der Waals surface area contributed by atoms with E-state index in [9.17, 15) is 0 Å². The monoisotopic (exact) mass is 188 g/mol. The van der Waals surface area contributed by atoms with E-state index in [2.05, 4.69) is 15.6 Å². The van der Waals surface area contributed by atoms with E-state index in [0.717, 1.165) is 31.0 Å². The maximum atomic E-state index is 5.36. The Bertz CT molecular complexity index is 410. The third-order valence-corrected chi connectivity index (χ3v) is 2.73. The number of fused-ring (bicyclic) bond motifs is 1. The molecule has 0 N–H and O–H groups in total. The zero-order chi connectivity index (χ0) is 9.38. The Morgan fingerprint density at radius 2 is 2.43 bits per heavy atom. The van der Waals surface area contributed by atoms with Crippen LogP contribution in [-0.4, -0.2) is 22.6 Å². The van der Waals surface area contributed by atoms with Gasteiger partial charge in [-0.05, 0) is 18.6 Å². The van der Waals surface area contributed by atoms with Gasteiger partial charge in [0.25, 0.3) is 0 Å². The standard InChI is InChI=1S/C11H12N2O/c1-2-5-13-7-10(12-11(13)3-1)9-4-6-14-8-9/h1-3,5,7,9H,4,6,8H2. The first-order valence-electron chi connectivity index (χ1n) is 4.95. The molecule has 3 nitrogen and oxygen atoms in total. The largest absolute Gasteiger partial charge is 0.381 e. The number of aromatic nitrogens is 2. The van der Waals surface area contributed by atoms with Crippen LogP contribution >= 0.6 is 0 Å². The number of hydrogen-bond acceptors (Lipinski definition) is 2. The molecule has 2 aromatic heterocycles. The highest BCUT2D eigenvalue weighted by molar-refractivity contribution is 5.40. The molecule has 0 aromatic carbocycles. The highest BCUT2D eigenvalue weighted by atomic mass is 16.5. The van der Waals surface area contributed by atoms with Gasteiger partial charge in [0.05, 0.1) is 12.3 Å². The quantitative estimate of drug-likeness (QED) is 0.682. The highest BCUT2D eigenvalue weighted by Crippen LogP contribution is 2.24. The SMILES string of the molecule is c1ccn2cc(C3CCOC3)nc2c1. The minimum atomic E-state index is 0.495. The van der Waals surface area contributed by atoms with Crippen LogP contribution in [0.25, 0.3) is 5.65 Å². The van der Waals surface area contributed by atoms with Gasteiger partial charge in [-0.25, -0.2) is 4.98 Å². The lowest BCUT2D eigenvalue weighted by Crippen LogP contribution is -1.96. The molecule has 0 radical (unpaired) electrons. The van der Waals surface area contributed by atoms with Crippen LogP contribution in [-0.2, 0) is 4.74 Å². The van der Waals surface area contributed by atoms with Gasteiger partial charge in [0.15, 0.2) is 0 Å². The van der Waals surface area contributed by atoms with Crippen LogP contribution in [0.2, 0.25) is 0 Å². The third-order valence-electron chi connectivity index (χ3n) is 2.73. The molecule has 1 saturated heterocycles. The number of rotatable bonds is 1. The molecule has 0 spiro atoms. The van der Waals surface area contributed by atoms with Gasteiger partial charge in [0, 0.05) is 24.9 Å². The molecule has 3 heterocycles. The second-order valence-corrected chi connectivity index (χ2v) is 3.69. The van der Waals surface area contributed by atoms with Crippen molar-refractivity contribution in [2.75, 3.05) is 13.2 Å². The minimum absolute atomic E-state index is 0.495. The fourth-order valence-corrected chi connectivity index (χ4v) is 1.92. The van der Waals surface area contributed by atoms with E-state index < -0.39 is 0 Å². The first kappa shape index (κ1) is 8.00. The van der Waals surface area contributed by atoms with Crippen LogP contribution in [0, 0.1) is 0 Å². The molecule has 0 bridgehead atoms. The van der Waals surface area contributed by atoms with Crippen molar-refractivity contribution in [1.29, 1.82) is 0 Å². The van der Waals surface area contributed by atoms with Crippen molar-refractivity contribution < 1.29 is 4.74 Å². The van der Waals surface area contributed by atoms with E-state index in [4.69, 9.17) is 4.74 Å². The van der Waals surface area contributed by atoms with Gasteiger partial charge < -0.3 is 9.14 Å². The Kier molecular flexibility index (Phi) is 1.77. The normalized spacial score (nSPS) is 21.9. The number of ether oxygens (including phenoxy) is 1. The summed E-state index contributed by atoms with van der Waals surface area (Å²) in [5, 5.41) is 0. The molecule has 1 atom stereocenters. The van der Waals surface area contributed by atoms with Crippen LogP contribution in [0.15, 0.2) is 30.6 Å². The van der Waals surface area contributed by atoms with Gasteiger partial charge in [-0.3, -0.25) is 0 Å². The third kappa shape index (κ3) is 1.21. The van der Waals surface area contributed by atoms with Gasteiger partial charge in [-0.2, -0.15) is 0 Å². The summed E-state index contributed by atoms with van der Waals surface area (Å²) in [6.45, 7) is 1.70. The Morgan fingerprint density at radius 3 is 3.21 bits per heavy atom. The number of hydrogen-bond donors (Lipinski definition) is 0. The van der Waals surface area contributed by atoms with Crippen molar-refractivity contribution in [2.24, 2.45) is 0 Å². The van der Waals surface area contributed by atoms with E-state index in [1.54, 1.807) is 0 Å².